The Morgan fingerprint density at radius 1 is 0.930 bits per heavy atom. The Bertz CT molecular complexity index is 1460. The highest BCUT2D eigenvalue weighted by molar-refractivity contribution is 7.92. The Morgan fingerprint density at radius 3 is 2.07 bits per heavy atom. The molecule has 3 atom stereocenters. The number of hydrogen-bond donors (Lipinski definition) is 3. The van der Waals surface area contributed by atoms with Crippen molar-refractivity contribution in [2.75, 3.05) is 4.31 Å². The lowest BCUT2D eigenvalue weighted by atomic mass is 9.87. The van der Waals surface area contributed by atoms with Crippen molar-refractivity contribution in [1.29, 1.82) is 0 Å². The summed E-state index contributed by atoms with van der Waals surface area (Å²) in [5, 5.41) is 15.5. The second kappa shape index (κ2) is 11.6. The van der Waals surface area contributed by atoms with Crippen molar-refractivity contribution in [3.8, 4) is 0 Å². The van der Waals surface area contributed by atoms with Crippen molar-refractivity contribution < 1.29 is 49.5 Å². The summed E-state index contributed by atoms with van der Waals surface area (Å²) in [6, 6.07) is 5.66. The largest absolute Gasteiger partial charge is 0.430 e. The van der Waals surface area contributed by atoms with Gasteiger partial charge in [-0.2, -0.15) is 26.3 Å². The summed E-state index contributed by atoms with van der Waals surface area (Å²) >= 11 is 0. The first-order chi connectivity index (χ1) is 19.9. The van der Waals surface area contributed by atoms with Crippen LogP contribution >= 0.6 is 0 Å². The maximum absolute atomic E-state index is 13.9. The van der Waals surface area contributed by atoms with Crippen molar-refractivity contribution in [3.05, 3.63) is 59.2 Å². The molecule has 0 spiro atoms. The van der Waals surface area contributed by atoms with Crippen molar-refractivity contribution in [2.24, 2.45) is 0 Å². The molecule has 2 aromatic carbocycles. The highest BCUT2D eigenvalue weighted by atomic mass is 32.2. The van der Waals surface area contributed by atoms with Gasteiger partial charge in [0.05, 0.1) is 16.6 Å². The Kier molecular flexibility index (Phi) is 8.82. The maximum atomic E-state index is 13.9. The third kappa shape index (κ3) is 6.33. The molecule has 0 bridgehead atoms. The number of carbonyl (C=O) groups is 2. The lowest BCUT2D eigenvalue weighted by Crippen LogP contribution is -2.54. The van der Waals surface area contributed by atoms with E-state index in [1.165, 1.54) is 31.2 Å². The first-order valence-electron chi connectivity index (χ1n) is 13.5. The predicted molar refractivity (Wildman–Crippen MR) is 143 cm³/mol. The van der Waals surface area contributed by atoms with Crippen LogP contribution in [0.3, 0.4) is 0 Å². The number of aliphatic hydroxyl groups is 1. The molecule has 3 N–H and O–H groups in total. The van der Waals surface area contributed by atoms with Crippen molar-refractivity contribution in [2.45, 2.75) is 93.3 Å². The molecule has 0 radical (unpaired) electrons. The van der Waals surface area contributed by atoms with Crippen LogP contribution in [0.2, 0.25) is 0 Å². The fourth-order valence-corrected chi connectivity index (χ4v) is 7.45. The van der Waals surface area contributed by atoms with Crippen LogP contribution < -0.4 is 14.9 Å². The highest BCUT2D eigenvalue weighted by Gasteiger charge is 2.71. The van der Waals surface area contributed by atoms with Crippen LogP contribution in [-0.2, 0) is 31.6 Å². The first kappa shape index (κ1) is 32.6. The minimum atomic E-state index is -6.11. The Balaban J connectivity index is 1.73. The number of fused-ring (bicyclic) bond motifs is 1. The van der Waals surface area contributed by atoms with Crippen molar-refractivity contribution >= 4 is 27.5 Å². The molecule has 43 heavy (non-hydrogen) atoms. The number of hydrogen-bond acceptors (Lipinski definition) is 5. The number of halogens is 6. The Morgan fingerprint density at radius 2 is 1.51 bits per heavy atom. The Hall–Kier alpha value is -3.33. The minimum Gasteiger partial charge on any atom is -0.369 e. The number of benzene rings is 2. The summed E-state index contributed by atoms with van der Waals surface area (Å²) in [6.45, 7) is 3.07. The number of nitrogens with zero attached hydrogens (tertiary/aromatic N) is 1. The molecule has 1 fully saturated rings. The number of alkyl halides is 6. The smallest absolute Gasteiger partial charge is 0.369 e. The van der Waals surface area contributed by atoms with Crippen LogP contribution in [0.15, 0.2) is 47.4 Å². The molecular formula is C28H31F6N3O5S. The van der Waals surface area contributed by atoms with Gasteiger partial charge in [0.15, 0.2) is 0 Å². The zero-order valence-corrected chi connectivity index (χ0v) is 24.0. The predicted octanol–water partition coefficient (Wildman–Crippen LogP) is 4.38. The standard InChI is InChI=1S/C28H31F6N3O5S/c1-16-6-11-21(12-7-16)43(41,42)37-20(15-25(39)36-23-5-3-4-22(23)35-17(2)38)10-8-18-14-19(9-13-24(18)37)26(40,27(29,30)31)28(32,33)34/h6-7,9,11-14,20,22-23,40H,3-5,8,10,15H2,1-2H3,(H,35,38)(H,36,39). The molecule has 0 aromatic heterocycles. The highest BCUT2D eigenvalue weighted by Crippen LogP contribution is 2.51. The zero-order chi connectivity index (χ0) is 32.0. The van der Waals surface area contributed by atoms with Gasteiger partial charge in [-0.3, -0.25) is 13.9 Å². The molecule has 1 heterocycles. The van der Waals surface area contributed by atoms with Gasteiger partial charge in [-0.05, 0) is 62.8 Å². The third-order valence-corrected chi connectivity index (χ3v) is 9.76. The van der Waals surface area contributed by atoms with E-state index in [2.05, 4.69) is 10.6 Å². The SMILES string of the molecule is CC(=O)NC1CCCC1NC(=O)CC1CCc2cc(C(O)(C(F)(F)F)C(F)(F)F)ccc2N1S(=O)(=O)c1ccc(C)cc1. The molecule has 15 heteroatoms. The van der Waals surface area contributed by atoms with Gasteiger partial charge in [-0.25, -0.2) is 8.42 Å². The van der Waals surface area contributed by atoms with E-state index in [9.17, 15) is 49.5 Å². The molecular weight excluding hydrogens is 604 g/mol. The van der Waals surface area contributed by atoms with Gasteiger partial charge in [0.1, 0.15) is 0 Å². The molecule has 4 rings (SSSR count). The average Bonchev–Trinajstić information content (AvgIpc) is 3.31. The number of rotatable bonds is 7. The second-order valence-electron chi connectivity index (χ2n) is 11.0. The van der Waals surface area contributed by atoms with Gasteiger partial charge in [0.25, 0.3) is 15.6 Å². The molecule has 2 aromatic rings. The van der Waals surface area contributed by atoms with Crippen LogP contribution in [-0.4, -0.2) is 55.8 Å². The van der Waals surface area contributed by atoms with Gasteiger partial charge in [-0.1, -0.05) is 29.8 Å². The maximum Gasteiger partial charge on any atom is 0.430 e. The number of nitrogens with one attached hydrogen (secondary N) is 2. The third-order valence-electron chi connectivity index (χ3n) is 7.88. The van der Waals surface area contributed by atoms with Crippen molar-refractivity contribution in [3.63, 3.8) is 0 Å². The quantitative estimate of drug-likeness (QED) is 0.391. The van der Waals surface area contributed by atoms with Crippen LogP contribution in [0.25, 0.3) is 0 Å². The van der Waals surface area contributed by atoms with Gasteiger partial charge < -0.3 is 15.7 Å². The fraction of sp³-hybridized carbons (Fsp3) is 0.500. The number of amides is 2. The monoisotopic (exact) mass is 635 g/mol. The molecule has 1 aliphatic heterocycles. The molecule has 0 saturated heterocycles. The molecule has 8 nitrogen and oxygen atoms in total. The lowest BCUT2D eigenvalue weighted by Gasteiger charge is -2.39. The normalized spacial score (nSPS) is 21.3. The minimum absolute atomic E-state index is 0.106. The summed E-state index contributed by atoms with van der Waals surface area (Å²) in [7, 11) is -4.46. The van der Waals surface area contributed by atoms with Gasteiger partial charge in [-0.15, -0.1) is 0 Å². The topological polar surface area (TPSA) is 116 Å². The summed E-state index contributed by atoms with van der Waals surface area (Å²) in [6.07, 6.45) is -10.9. The number of anilines is 1. The Labute approximate surface area is 244 Å². The average molecular weight is 636 g/mol. The van der Waals surface area contributed by atoms with E-state index in [1.54, 1.807) is 6.92 Å². The van der Waals surface area contributed by atoms with E-state index < -0.39 is 45.5 Å². The summed E-state index contributed by atoms with van der Waals surface area (Å²) in [5.74, 6) is -0.798. The molecule has 236 valence electrons. The van der Waals surface area contributed by atoms with Crippen LogP contribution in [0.1, 0.15) is 55.7 Å². The molecule has 1 saturated carbocycles. The van der Waals surface area contributed by atoms with Crippen LogP contribution in [0.5, 0.6) is 0 Å². The van der Waals surface area contributed by atoms with E-state index in [1.807, 2.05) is 0 Å². The summed E-state index contributed by atoms with van der Waals surface area (Å²) < 4.78 is 110. The first-order valence-corrected chi connectivity index (χ1v) is 15.0. The van der Waals surface area contributed by atoms with Gasteiger partial charge in [0.2, 0.25) is 11.8 Å². The molecule has 2 amide bonds. The lowest BCUT2D eigenvalue weighted by molar-refractivity contribution is -0.376. The summed E-state index contributed by atoms with van der Waals surface area (Å²) in [5.41, 5.74) is -6.31. The number of sulfonamides is 1. The number of carbonyl (C=O) groups excluding carboxylic acids is 2. The van der Waals surface area contributed by atoms with E-state index in [0.29, 0.717) is 25.0 Å². The second-order valence-corrected chi connectivity index (χ2v) is 12.8. The van der Waals surface area contributed by atoms with E-state index in [0.717, 1.165) is 22.4 Å². The van der Waals surface area contributed by atoms with Gasteiger partial charge in [0, 0.05) is 31.0 Å². The molecule has 1 aliphatic carbocycles. The van der Waals surface area contributed by atoms with Crippen molar-refractivity contribution in [1.82, 2.24) is 10.6 Å². The van der Waals surface area contributed by atoms with E-state index in [4.69, 9.17) is 0 Å². The summed E-state index contributed by atoms with van der Waals surface area (Å²) in [4.78, 5) is 24.5. The fourth-order valence-electron chi connectivity index (χ4n) is 5.73. The molecule has 3 unspecified atom stereocenters. The molecule has 2 aliphatic rings. The van der Waals surface area contributed by atoms with Crippen LogP contribution in [0.4, 0.5) is 32.0 Å². The van der Waals surface area contributed by atoms with Gasteiger partial charge >= 0.3 is 12.4 Å². The van der Waals surface area contributed by atoms with E-state index in [-0.39, 0.29) is 53.4 Å². The number of aryl methyl sites for hydroxylation is 2. The zero-order valence-electron chi connectivity index (χ0n) is 23.2. The van der Waals surface area contributed by atoms with Crippen LogP contribution in [0, 0.1) is 6.92 Å². The van der Waals surface area contributed by atoms with E-state index >= 15 is 0 Å².